The number of carbonyl (C=O) groups is 1. The minimum Gasteiger partial charge on any atom is -0.478 e. The lowest BCUT2D eigenvalue weighted by Crippen LogP contribution is -2.17. The Kier molecular flexibility index (Phi) is 4.76. The molecule has 2 rings (SSSR count). The topological polar surface area (TPSA) is 83.5 Å². The standard InChI is InChI=1S/C15H11F4NO4S/c1-8-10(14(21)22)3-2-4-12(8)20-25(23,24)13-7-9(15(17,18)19)5-6-11(13)16/h2-7,20H,1H3,(H,21,22). The van der Waals surface area contributed by atoms with Crippen molar-refractivity contribution < 1.29 is 35.9 Å². The van der Waals surface area contributed by atoms with Crippen LogP contribution in [0, 0.1) is 12.7 Å². The van der Waals surface area contributed by atoms with Gasteiger partial charge in [0.25, 0.3) is 10.0 Å². The molecular formula is C15H11F4NO4S. The highest BCUT2D eigenvalue weighted by Crippen LogP contribution is 2.32. The second-order valence-electron chi connectivity index (χ2n) is 5.03. The Hall–Kier alpha value is -2.62. The summed E-state index contributed by atoms with van der Waals surface area (Å²) in [5, 5.41) is 9.01. The molecule has 2 N–H and O–H groups in total. The number of halogens is 4. The summed E-state index contributed by atoms with van der Waals surface area (Å²) in [5.74, 6) is -2.68. The smallest absolute Gasteiger partial charge is 0.416 e. The van der Waals surface area contributed by atoms with Crippen molar-refractivity contribution in [1.29, 1.82) is 0 Å². The third kappa shape index (κ3) is 3.90. The van der Waals surface area contributed by atoms with Crippen LogP contribution in [0.3, 0.4) is 0 Å². The van der Waals surface area contributed by atoms with Crippen molar-refractivity contribution in [1.82, 2.24) is 0 Å². The van der Waals surface area contributed by atoms with Crippen LogP contribution in [-0.4, -0.2) is 19.5 Å². The molecule has 0 amide bonds. The van der Waals surface area contributed by atoms with Crippen molar-refractivity contribution in [3.63, 3.8) is 0 Å². The molecule has 134 valence electrons. The van der Waals surface area contributed by atoms with Gasteiger partial charge in [0.15, 0.2) is 0 Å². The predicted octanol–water partition coefficient (Wildman–Crippen LogP) is 3.65. The summed E-state index contributed by atoms with van der Waals surface area (Å²) < 4.78 is 78.4. The van der Waals surface area contributed by atoms with Crippen LogP contribution in [0.25, 0.3) is 0 Å². The third-order valence-electron chi connectivity index (χ3n) is 3.36. The number of sulfonamides is 1. The van der Waals surface area contributed by atoms with Gasteiger partial charge in [-0.15, -0.1) is 0 Å². The van der Waals surface area contributed by atoms with E-state index in [0.717, 1.165) is 0 Å². The quantitative estimate of drug-likeness (QED) is 0.797. The van der Waals surface area contributed by atoms with Gasteiger partial charge >= 0.3 is 12.1 Å². The van der Waals surface area contributed by atoms with Gasteiger partial charge < -0.3 is 5.11 Å². The molecule has 0 saturated heterocycles. The molecule has 2 aromatic carbocycles. The van der Waals surface area contributed by atoms with E-state index in [2.05, 4.69) is 0 Å². The Bertz CT molecular complexity index is 939. The molecular weight excluding hydrogens is 366 g/mol. The highest BCUT2D eigenvalue weighted by atomic mass is 32.2. The van der Waals surface area contributed by atoms with Crippen LogP contribution in [0.2, 0.25) is 0 Å². The van der Waals surface area contributed by atoms with Gasteiger partial charge in [0, 0.05) is 0 Å². The predicted molar refractivity (Wildman–Crippen MR) is 80.3 cm³/mol. The van der Waals surface area contributed by atoms with E-state index in [-0.39, 0.29) is 22.9 Å². The molecule has 0 spiro atoms. The van der Waals surface area contributed by atoms with Gasteiger partial charge in [-0.1, -0.05) is 6.07 Å². The highest BCUT2D eigenvalue weighted by Gasteiger charge is 2.33. The van der Waals surface area contributed by atoms with Gasteiger partial charge in [-0.05, 0) is 42.8 Å². The van der Waals surface area contributed by atoms with Gasteiger partial charge in [0.1, 0.15) is 10.7 Å². The molecule has 0 aromatic heterocycles. The molecule has 0 heterocycles. The summed E-state index contributed by atoms with van der Waals surface area (Å²) in [6.45, 7) is 1.31. The number of rotatable bonds is 4. The average molecular weight is 377 g/mol. The van der Waals surface area contributed by atoms with E-state index in [0.29, 0.717) is 12.1 Å². The van der Waals surface area contributed by atoms with Gasteiger partial charge in [-0.2, -0.15) is 13.2 Å². The van der Waals surface area contributed by atoms with E-state index in [9.17, 15) is 30.8 Å². The Balaban J connectivity index is 2.51. The SMILES string of the molecule is Cc1c(NS(=O)(=O)c2cc(C(F)(F)F)ccc2F)cccc1C(=O)O. The molecule has 0 aliphatic carbocycles. The third-order valence-corrected chi connectivity index (χ3v) is 4.74. The monoisotopic (exact) mass is 377 g/mol. The Morgan fingerprint density at radius 3 is 2.36 bits per heavy atom. The van der Waals surface area contributed by atoms with E-state index in [1.165, 1.54) is 25.1 Å². The van der Waals surface area contributed by atoms with Crippen LogP contribution in [-0.2, 0) is 16.2 Å². The minimum atomic E-state index is -4.85. The fraction of sp³-hybridized carbons (Fsp3) is 0.133. The summed E-state index contributed by atoms with van der Waals surface area (Å²) in [7, 11) is -4.71. The van der Waals surface area contributed by atoms with Crippen LogP contribution in [0.4, 0.5) is 23.2 Å². The molecule has 0 atom stereocenters. The summed E-state index contributed by atoms with van der Waals surface area (Å²) in [6, 6.07) is 4.68. The van der Waals surface area contributed by atoms with E-state index < -0.39 is 38.4 Å². The van der Waals surface area contributed by atoms with Crippen LogP contribution < -0.4 is 4.72 Å². The first kappa shape index (κ1) is 18.7. The lowest BCUT2D eigenvalue weighted by Gasteiger charge is -2.14. The molecule has 2 aromatic rings. The van der Waals surface area contributed by atoms with E-state index in [4.69, 9.17) is 5.11 Å². The Morgan fingerprint density at radius 1 is 1.16 bits per heavy atom. The molecule has 0 aliphatic rings. The summed E-state index contributed by atoms with van der Waals surface area (Å²) in [5.41, 5.74) is -1.68. The van der Waals surface area contributed by atoms with Gasteiger partial charge in [0.05, 0.1) is 16.8 Å². The lowest BCUT2D eigenvalue weighted by molar-refractivity contribution is -0.137. The average Bonchev–Trinajstić information content (AvgIpc) is 2.48. The molecule has 10 heteroatoms. The summed E-state index contributed by atoms with van der Waals surface area (Å²) in [4.78, 5) is 9.86. The maximum absolute atomic E-state index is 13.8. The minimum absolute atomic E-state index is 0.0333. The first-order valence-electron chi connectivity index (χ1n) is 6.66. The van der Waals surface area contributed by atoms with Crippen LogP contribution in [0.1, 0.15) is 21.5 Å². The maximum Gasteiger partial charge on any atom is 0.416 e. The molecule has 0 unspecified atom stereocenters. The molecule has 5 nitrogen and oxygen atoms in total. The van der Waals surface area contributed by atoms with Gasteiger partial charge in [-0.25, -0.2) is 17.6 Å². The molecule has 25 heavy (non-hydrogen) atoms. The summed E-state index contributed by atoms with van der Waals surface area (Å²) >= 11 is 0. The Morgan fingerprint density at radius 2 is 1.80 bits per heavy atom. The zero-order valence-electron chi connectivity index (χ0n) is 12.6. The van der Waals surface area contributed by atoms with Crippen LogP contribution in [0.15, 0.2) is 41.3 Å². The van der Waals surface area contributed by atoms with Gasteiger partial charge in [0.2, 0.25) is 0 Å². The summed E-state index contributed by atoms with van der Waals surface area (Å²) in [6.07, 6.45) is -4.85. The van der Waals surface area contributed by atoms with Crippen molar-refractivity contribution in [2.75, 3.05) is 4.72 Å². The second kappa shape index (κ2) is 6.36. The van der Waals surface area contributed by atoms with Crippen molar-refractivity contribution in [3.05, 3.63) is 58.9 Å². The van der Waals surface area contributed by atoms with Crippen molar-refractivity contribution in [2.45, 2.75) is 18.0 Å². The number of aromatic carboxylic acids is 1. The number of anilines is 1. The largest absolute Gasteiger partial charge is 0.478 e. The van der Waals surface area contributed by atoms with E-state index in [1.54, 1.807) is 0 Å². The highest BCUT2D eigenvalue weighted by molar-refractivity contribution is 7.92. The zero-order chi connectivity index (χ0) is 19.0. The number of alkyl halides is 3. The number of carboxylic acid groups (broad SMARTS) is 1. The second-order valence-corrected chi connectivity index (χ2v) is 6.68. The first-order chi connectivity index (χ1) is 11.4. The molecule has 0 bridgehead atoms. The molecule has 0 radical (unpaired) electrons. The zero-order valence-corrected chi connectivity index (χ0v) is 13.4. The normalized spacial score (nSPS) is 12.0. The molecule has 0 fully saturated rings. The maximum atomic E-state index is 13.8. The number of benzene rings is 2. The Labute approximate surface area is 140 Å². The van der Waals surface area contributed by atoms with Crippen molar-refractivity contribution in [2.24, 2.45) is 0 Å². The molecule has 0 aliphatic heterocycles. The van der Waals surface area contributed by atoms with Gasteiger partial charge in [-0.3, -0.25) is 4.72 Å². The van der Waals surface area contributed by atoms with Crippen molar-refractivity contribution in [3.8, 4) is 0 Å². The fourth-order valence-electron chi connectivity index (χ4n) is 2.06. The first-order valence-corrected chi connectivity index (χ1v) is 8.14. The van der Waals surface area contributed by atoms with Crippen molar-refractivity contribution >= 4 is 21.7 Å². The van der Waals surface area contributed by atoms with E-state index >= 15 is 0 Å². The lowest BCUT2D eigenvalue weighted by atomic mass is 10.1. The van der Waals surface area contributed by atoms with E-state index in [1.807, 2.05) is 4.72 Å². The number of carboxylic acids is 1. The number of nitrogens with one attached hydrogen (secondary N) is 1. The number of hydrogen-bond acceptors (Lipinski definition) is 3. The fourth-order valence-corrected chi connectivity index (χ4v) is 3.29. The molecule has 0 saturated carbocycles. The van der Waals surface area contributed by atoms with Crippen LogP contribution >= 0.6 is 0 Å². The number of hydrogen-bond donors (Lipinski definition) is 2. The van der Waals surface area contributed by atoms with Crippen LogP contribution in [0.5, 0.6) is 0 Å².